The first-order valence-corrected chi connectivity index (χ1v) is 8.22. The van der Waals surface area contributed by atoms with Gasteiger partial charge < -0.3 is 14.6 Å². The molecule has 0 aliphatic carbocycles. The zero-order valence-electron chi connectivity index (χ0n) is 14.3. The number of anilines is 2. The van der Waals surface area contributed by atoms with E-state index in [0.29, 0.717) is 5.56 Å². The van der Waals surface area contributed by atoms with Gasteiger partial charge in [-0.25, -0.2) is 4.98 Å². The van der Waals surface area contributed by atoms with Gasteiger partial charge in [-0.15, -0.1) is 0 Å². The Morgan fingerprint density at radius 2 is 1.79 bits per heavy atom. The summed E-state index contributed by atoms with van der Waals surface area (Å²) in [5.41, 5.74) is 4.33. The van der Waals surface area contributed by atoms with Crippen molar-refractivity contribution in [2.45, 2.75) is 20.8 Å². The maximum atomic E-state index is 12.4. The molecule has 5 heteroatoms. The second-order valence-electron chi connectivity index (χ2n) is 5.74. The SMILES string of the molecule is CCN(CC)c1ccc(NC(=O)c2ccc3nc(C)cn3c2)cc1. The highest BCUT2D eigenvalue weighted by Crippen LogP contribution is 2.18. The van der Waals surface area contributed by atoms with Gasteiger partial charge in [-0.05, 0) is 57.2 Å². The number of carbonyl (C=O) groups excluding carboxylic acids is 1. The molecule has 1 amide bonds. The van der Waals surface area contributed by atoms with Crippen molar-refractivity contribution >= 4 is 22.9 Å². The number of aryl methyl sites for hydroxylation is 1. The molecule has 0 spiro atoms. The molecule has 124 valence electrons. The van der Waals surface area contributed by atoms with Gasteiger partial charge in [0.1, 0.15) is 5.65 Å². The summed E-state index contributed by atoms with van der Waals surface area (Å²) >= 11 is 0. The van der Waals surface area contributed by atoms with Crippen LogP contribution in [0, 0.1) is 6.92 Å². The van der Waals surface area contributed by atoms with Crippen LogP contribution in [0.2, 0.25) is 0 Å². The number of hydrogen-bond donors (Lipinski definition) is 1. The Hall–Kier alpha value is -2.82. The molecular formula is C19H22N4O. The smallest absolute Gasteiger partial charge is 0.257 e. The zero-order valence-corrected chi connectivity index (χ0v) is 14.3. The summed E-state index contributed by atoms with van der Waals surface area (Å²) in [4.78, 5) is 19.1. The van der Waals surface area contributed by atoms with Crippen molar-refractivity contribution in [2.75, 3.05) is 23.3 Å². The van der Waals surface area contributed by atoms with Crippen LogP contribution in [-0.4, -0.2) is 28.4 Å². The first kappa shape index (κ1) is 16.1. The fraction of sp³-hybridized carbons (Fsp3) is 0.263. The quantitative estimate of drug-likeness (QED) is 0.778. The molecule has 0 atom stereocenters. The lowest BCUT2D eigenvalue weighted by molar-refractivity contribution is 0.102. The van der Waals surface area contributed by atoms with Gasteiger partial charge in [0.05, 0.1) is 11.3 Å². The normalized spacial score (nSPS) is 10.8. The Balaban J connectivity index is 1.75. The van der Waals surface area contributed by atoms with Crippen LogP contribution in [-0.2, 0) is 0 Å². The van der Waals surface area contributed by atoms with Gasteiger partial charge in [0.2, 0.25) is 0 Å². The first-order chi connectivity index (χ1) is 11.6. The second-order valence-corrected chi connectivity index (χ2v) is 5.74. The number of imidazole rings is 1. The molecule has 24 heavy (non-hydrogen) atoms. The van der Waals surface area contributed by atoms with E-state index in [-0.39, 0.29) is 5.91 Å². The van der Waals surface area contributed by atoms with Crippen molar-refractivity contribution < 1.29 is 4.79 Å². The van der Waals surface area contributed by atoms with Gasteiger partial charge in [-0.1, -0.05) is 0 Å². The molecule has 3 rings (SSSR count). The molecule has 5 nitrogen and oxygen atoms in total. The fourth-order valence-corrected chi connectivity index (χ4v) is 2.80. The molecule has 0 fully saturated rings. The van der Waals surface area contributed by atoms with Gasteiger partial charge in [-0.2, -0.15) is 0 Å². The third-order valence-corrected chi connectivity index (χ3v) is 4.09. The van der Waals surface area contributed by atoms with E-state index in [0.717, 1.165) is 35.8 Å². The highest BCUT2D eigenvalue weighted by Gasteiger charge is 2.09. The summed E-state index contributed by atoms with van der Waals surface area (Å²) in [6.07, 6.45) is 3.71. The van der Waals surface area contributed by atoms with E-state index in [9.17, 15) is 4.79 Å². The second kappa shape index (κ2) is 6.74. The largest absolute Gasteiger partial charge is 0.372 e. The van der Waals surface area contributed by atoms with E-state index in [1.165, 1.54) is 0 Å². The molecule has 0 radical (unpaired) electrons. The van der Waals surface area contributed by atoms with Crippen molar-refractivity contribution in [1.82, 2.24) is 9.38 Å². The molecule has 0 saturated heterocycles. The summed E-state index contributed by atoms with van der Waals surface area (Å²) in [6.45, 7) is 8.13. The summed E-state index contributed by atoms with van der Waals surface area (Å²) in [5, 5.41) is 2.94. The van der Waals surface area contributed by atoms with E-state index < -0.39 is 0 Å². The molecule has 1 N–H and O–H groups in total. The van der Waals surface area contributed by atoms with Crippen LogP contribution in [0.4, 0.5) is 11.4 Å². The topological polar surface area (TPSA) is 49.6 Å². The number of nitrogens with one attached hydrogen (secondary N) is 1. The molecule has 0 bridgehead atoms. The minimum absolute atomic E-state index is 0.126. The van der Waals surface area contributed by atoms with Crippen molar-refractivity contribution in [1.29, 1.82) is 0 Å². The Bertz CT molecular complexity index is 847. The lowest BCUT2D eigenvalue weighted by atomic mass is 10.2. The lowest BCUT2D eigenvalue weighted by Crippen LogP contribution is -2.21. The maximum Gasteiger partial charge on any atom is 0.257 e. The Morgan fingerprint density at radius 1 is 1.08 bits per heavy atom. The standard InChI is InChI=1S/C19H22N4O/c1-4-22(5-2)17-9-7-16(8-10-17)21-19(24)15-6-11-18-20-14(3)12-23(18)13-15/h6-13H,4-5H2,1-3H3,(H,21,24). The third kappa shape index (κ3) is 3.25. The molecule has 0 aliphatic heterocycles. The van der Waals surface area contributed by atoms with Crippen LogP contribution in [0.15, 0.2) is 48.8 Å². The number of pyridine rings is 1. The van der Waals surface area contributed by atoms with E-state index in [4.69, 9.17) is 0 Å². The van der Waals surface area contributed by atoms with Gasteiger partial charge in [0, 0.05) is 36.9 Å². The van der Waals surface area contributed by atoms with Crippen LogP contribution in [0.25, 0.3) is 5.65 Å². The number of nitrogens with zero attached hydrogens (tertiary/aromatic N) is 3. The predicted molar refractivity (Wildman–Crippen MR) is 97.9 cm³/mol. The fourth-order valence-electron chi connectivity index (χ4n) is 2.80. The minimum Gasteiger partial charge on any atom is -0.372 e. The number of aromatic nitrogens is 2. The summed E-state index contributed by atoms with van der Waals surface area (Å²) in [5.74, 6) is -0.126. The lowest BCUT2D eigenvalue weighted by Gasteiger charge is -2.21. The Kier molecular flexibility index (Phi) is 4.51. The third-order valence-electron chi connectivity index (χ3n) is 4.09. The van der Waals surface area contributed by atoms with Gasteiger partial charge in [0.15, 0.2) is 0 Å². The highest BCUT2D eigenvalue weighted by molar-refractivity contribution is 6.04. The number of benzene rings is 1. The van der Waals surface area contributed by atoms with Crippen molar-refractivity contribution in [3.05, 3.63) is 60.0 Å². The molecule has 2 heterocycles. The van der Waals surface area contributed by atoms with Crippen molar-refractivity contribution in [2.24, 2.45) is 0 Å². The number of amides is 1. The monoisotopic (exact) mass is 322 g/mol. The summed E-state index contributed by atoms with van der Waals surface area (Å²) in [6, 6.07) is 11.6. The summed E-state index contributed by atoms with van der Waals surface area (Å²) in [7, 11) is 0. The average Bonchev–Trinajstić information content (AvgIpc) is 2.96. The summed E-state index contributed by atoms with van der Waals surface area (Å²) < 4.78 is 1.87. The first-order valence-electron chi connectivity index (χ1n) is 8.22. The highest BCUT2D eigenvalue weighted by atomic mass is 16.1. The molecule has 0 unspecified atom stereocenters. The van der Waals surface area contributed by atoms with Crippen LogP contribution >= 0.6 is 0 Å². The van der Waals surface area contributed by atoms with Crippen LogP contribution < -0.4 is 10.2 Å². The van der Waals surface area contributed by atoms with E-state index in [1.807, 2.05) is 47.9 Å². The minimum atomic E-state index is -0.126. The number of rotatable bonds is 5. The Labute approximate surface area is 141 Å². The molecule has 0 saturated carbocycles. The number of fused-ring (bicyclic) bond motifs is 1. The average molecular weight is 322 g/mol. The van der Waals surface area contributed by atoms with Gasteiger partial charge in [-0.3, -0.25) is 4.79 Å². The maximum absolute atomic E-state index is 12.4. The number of carbonyl (C=O) groups is 1. The van der Waals surface area contributed by atoms with Crippen molar-refractivity contribution in [3.8, 4) is 0 Å². The zero-order chi connectivity index (χ0) is 17.1. The van der Waals surface area contributed by atoms with E-state index in [2.05, 4.69) is 29.0 Å². The van der Waals surface area contributed by atoms with Crippen LogP contribution in [0.5, 0.6) is 0 Å². The number of hydrogen-bond acceptors (Lipinski definition) is 3. The van der Waals surface area contributed by atoms with E-state index >= 15 is 0 Å². The Morgan fingerprint density at radius 3 is 2.46 bits per heavy atom. The van der Waals surface area contributed by atoms with E-state index in [1.54, 1.807) is 12.3 Å². The molecule has 3 aromatic rings. The molecule has 2 aromatic heterocycles. The van der Waals surface area contributed by atoms with Gasteiger partial charge >= 0.3 is 0 Å². The van der Waals surface area contributed by atoms with Crippen molar-refractivity contribution in [3.63, 3.8) is 0 Å². The van der Waals surface area contributed by atoms with Crippen LogP contribution in [0.1, 0.15) is 29.9 Å². The molecular weight excluding hydrogens is 300 g/mol. The predicted octanol–water partition coefficient (Wildman–Crippen LogP) is 3.74. The van der Waals surface area contributed by atoms with Gasteiger partial charge in [0.25, 0.3) is 5.91 Å². The molecule has 1 aromatic carbocycles. The van der Waals surface area contributed by atoms with Crippen LogP contribution in [0.3, 0.4) is 0 Å². The molecule has 0 aliphatic rings.